The molecule has 0 aliphatic carbocycles. The third-order valence-electron chi connectivity index (χ3n) is 4.12. The van der Waals surface area contributed by atoms with E-state index in [4.69, 9.17) is 15.5 Å². The van der Waals surface area contributed by atoms with Gasteiger partial charge in [0.2, 0.25) is 0 Å². The minimum Gasteiger partial charge on any atom is -0.398 e. The first-order valence-corrected chi connectivity index (χ1v) is 7.74. The largest absolute Gasteiger partial charge is 0.398 e. The lowest BCUT2D eigenvalue weighted by Gasteiger charge is -2.23. The van der Waals surface area contributed by atoms with E-state index in [1.807, 2.05) is 30.3 Å². The highest BCUT2D eigenvalue weighted by Gasteiger charge is 2.19. The topological polar surface area (TPSA) is 51.4 Å². The zero-order valence-electron chi connectivity index (χ0n) is 12.6. The second-order valence-corrected chi connectivity index (χ2v) is 5.68. The number of ether oxygens (including phenoxy) is 1. The molecule has 0 amide bonds. The average molecular weight is 285 g/mol. The zero-order chi connectivity index (χ0) is 14.7. The molecule has 4 nitrogen and oxygen atoms in total. The van der Waals surface area contributed by atoms with E-state index >= 15 is 0 Å². The van der Waals surface area contributed by atoms with Gasteiger partial charge in [-0.05, 0) is 31.5 Å². The van der Waals surface area contributed by atoms with Gasteiger partial charge in [-0.25, -0.2) is 0 Å². The van der Waals surface area contributed by atoms with Gasteiger partial charge in [-0.3, -0.25) is 9.88 Å². The molecule has 0 bridgehead atoms. The number of para-hydroxylation sites is 1. The Bertz CT molecular complexity index is 608. The first-order valence-electron chi connectivity index (χ1n) is 7.74. The average Bonchev–Trinajstić information content (AvgIpc) is 2.99. The normalized spacial score (nSPS) is 18.7. The number of hydrogen-bond donors (Lipinski definition) is 1. The summed E-state index contributed by atoms with van der Waals surface area (Å²) >= 11 is 0. The number of rotatable bonds is 5. The highest BCUT2D eigenvalue weighted by Crippen LogP contribution is 2.21. The zero-order valence-corrected chi connectivity index (χ0v) is 12.6. The molecular weight excluding hydrogens is 262 g/mol. The fraction of sp³-hybridized carbons (Fsp3) is 0.471. The van der Waals surface area contributed by atoms with Crippen LogP contribution in [0.5, 0.6) is 0 Å². The van der Waals surface area contributed by atoms with Crippen LogP contribution in [0.4, 0.5) is 5.69 Å². The molecule has 1 fully saturated rings. The molecule has 1 aliphatic rings. The first-order chi connectivity index (χ1) is 10.3. The smallest absolute Gasteiger partial charge is 0.0726 e. The van der Waals surface area contributed by atoms with Gasteiger partial charge in [0, 0.05) is 30.8 Å². The van der Waals surface area contributed by atoms with E-state index in [2.05, 4.69) is 11.8 Å². The minimum atomic E-state index is 0.378. The van der Waals surface area contributed by atoms with Gasteiger partial charge in [0.15, 0.2) is 0 Å². The van der Waals surface area contributed by atoms with Crippen LogP contribution in [0.2, 0.25) is 0 Å². The summed E-state index contributed by atoms with van der Waals surface area (Å²) in [6.45, 7) is 5.88. The molecule has 1 aromatic carbocycles. The number of anilines is 1. The lowest BCUT2D eigenvalue weighted by Crippen LogP contribution is -2.32. The van der Waals surface area contributed by atoms with Crippen LogP contribution in [-0.4, -0.2) is 35.7 Å². The maximum Gasteiger partial charge on any atom is 0.0726 e. The predicted molar refractivity (Wildman–Crippen MR) is 86.1 cm³/mol. The molecule has 1 aromatic heterocycles. The number of benzene rings is 1. The van der Waals surface area contributed by atoms with Crippen LogP contribution in [0.15, 0.2) is 30.3 Å². The van der Waals surface area contributed by atoms with Gasteiger partial charge in [0.05, 0.1) is 17.3 Å². The highest BCUT2D eigenvalue weighted by molar-refractivity contribution is 5.90. The molecule has 4 heteroatoms. The van der Waals surface area contributed by atoms with Crippen LogP contribution in [0.3, 0.4) is 0 Å². The Balaban J connectivity index is 1.76. The number of nitrogens with two attached hydrogens (primary N) is 1. The van der Waals surface area contributed by atoms with Crippen molar-refractivity contribution in [3.63, 3.8) is 0 Å². The second kappa shape index (κ2) is 6.41. The summed E-state index contributed by atoms with van der Waals surface area (Å²) in [6.07, 6.45) is 2.73. The van der Waals surface area contributed by atoms with Crippen LogP contribution >= 0.6 is 0 Å². The fourth-order valence-electron chi connectivity index (χ4n) is 2.95. The van der Waals surface area contributed by atoms with Crippen molar-refractivity contribution in [2.24, 2.45) is 0 Å². The molecule has 1 saturated heterocycles. The van der Waals surface area contributed by atoms with Gasteiger partial charge in [0.1, 0.15) is 0 Å². The molecule has 3 rings (SSSR count). The number of aromatic nitrogens is 1. The molecule has 0 spiro atoms. The van der Waals surface area contributed by atoms with E-state index < -0.39 is 0 Å². The van der Waals surface area contributed by atoms with Crippen molar-refractivity contribution in [1.82, 2.24) is 9.88 Å². The van der Waals surface area contributed by atoms with Crippen molar-refractivity contribution in [2.45, 2.75) is 32.4 Å². The maximum atomic E-state index is 6.15. The van der Waals surface area contributed by atoms with Crippen LogP contribution in [0, 0.1) is 0 Å². The fourth-order valence-corrected chi connectivity index (χ4v) is 2.95. The first kappa shape index (κ1) is 14.3. The second-order valence-electron chi connectivity index (χ2n) is 5.68. The number of likely N-dealkylation sites (N-methyl/N-ethyl adjacent to an activating group) is 1. The van der Waals surface area contributed by atoms with Crippen molar-refractivity contribution in [3.05, 3.63) is 36.0 Å². The van der Waals surface area contributed by atoms with Gasteiger partial charge in [-0.2, -0.15) is 0 Å². The Morgan fingerprint density at radius 2 is 2.24 bits per heavy atom. The summed E-state index contributed by atoms with van der Waals surface area (Å²) in [5.41, 5.74) is 8.97. The Labute approximate surface area is 125 Å². The number of nitrogen functional groups attached to an aromatic ring is 1. The van der Waals surface area contributed by atoms with E-state index in [9.17, 15) is 0 Å². The monoisotopic (exact) mass is 285 g/mol. The van der Waals surface area contributed by atoms with E-state index in [0.717, 1.165) is 48.5 Å². The van der Waals surface area contributed by atoms with E-state index in [1.165, 1.54) is 12.8 Å². The highest BCUT2D eigenvalue weighted by atomic mass is 16.5. The van der Waals surface area contributed by atoms with Gasteiger partial charge in [-0.15, -0.1) is 0 Å². The predicted octanol–water partition coefficient (Wildman–Crippen LogP) is 2.82. The Kier molecular flexibility index (Phi) is 4.36. The molecule has 1 unspecified atom stereocenters. The molecule has 0 radical (unpaired) electrons. The number of hydrogen-bond acceptors (Lipinski definition) is 4. The third-order valence-corrected chi connectivity index (χ3v) is 4.12. The van der Waals surface area contributed by atoms with Gasteiger partial charge in [0.25, 0.3) is 0 Å². The van der Waals surface area contributed by atoms with Crippen molar-refractivity contribution in [3.8, 4) is 0 Å². The SMILES string of the molecule is CCN(Cc1cc(N)c2ccccc2n1)CC1CCCO1. The summed E-state index contributed by atoms with van der Waals surface area (Å²) < 4.78 is 5.73. The molecule has 112 valence electrons. The third kappa shape index (κ3) is 3.34. The lowest BCUT2D eigenvalue weighted by atomic mass is 10.1. The Morgan fingerprint density at radius 1 is 1.38 bits per heavy atom. The van der Waals surface area contributed by atoms with Crippen LogP contribution in [-0.2, 0) is 11.3 Å². The van der Waals surface area contributed by atoms with E-state index in [-0.39, 0.29) is 0 Å². The molecule has 1 atom stereocenters. The van der Waals surface area contributed by atoms with Gasteiger partial charge >= 0.3 is 0 Å². The van der Waals surface area contributed by atoms with Crippen LogP contribution in [0.25, 0.3) is 10.9 Å². The summed E-state index contributed by atoms with van der Waals surface area (Å²) in [5.74, 6) is 0. The van der Waals surface area contributed by atoms with E-state index in [0.29, 0.717) is 6.10 Å². The van der Waals surface area contributed by atoms with Crippen molar-refractivity contribution in [1.29, 1.82) is 0 Å². The molecule has 2 N–H and O–H groups in total. The number of pyridine rings is 1. The summed E-state index contributed by atoms with van der Waals surface area (Å²) in [5, 5.41) is 1.03. The van der Waals surface area contributed by atoms with Crippen molar-refractivity contribution < 1.29 is 4.74 Å². The summed E-state index contributed by atoms with van der Waals surface area (Å²) in [4.78, 5) is 7.12. The van der Waals surface area contributed by atoms with Crippen LogP contribution < -0.4 is 5.73 Å². The Hall–Kier alpha value is -1.65. The molecule has 21 heavy (non-hydrogen) atoms. The minimum absolute atomic E-state index is 0.378. The van der Waals surface area contributed by atoms with E-state index in [1.54, 1.807) is 0 Å². The van der Waals surface area contributed by atoms with Crippen molar-refractivity contribution in [2.75, 3.05) is 25.4 Å². The number of nitrogens with zero attached hydrogens (tertiary/aromatic N) is 2. The molecule has 0 saturated carbocycles. The van der Waals surface area contributed by atoms with Gasteiger partial charge < -0.3 is 10.5 Å². The molecule has 2 heterocycles. The summed E-state index contributed by atoms with van der Waals surface area (Å²) in [6, 6.07) is 10.0. The summed E-state index contributed by atoms with van der Waals surface area (Å²) in [7, 11) is 0. The van der Waals surface area contributed by atoms with Gasteiger partial charge in [-0.1, -0.05) is 25.1 Å². The maximum absolute atomic E-state index is 6.15. The molecule has 1 aliphatic heterocycles. The Morgan fingerprint density at radius 3 is 3.00 bits per heavy atom. The quantitative estimate of drug-likeness (QED) is 0.918. The molecule has 2 aromatic rings. The standard InChI is InChI=1S/C17H23N3O/c1-2-20(12-14-6-5-9-21-14)11-13-10-16(18)15-7-3-4-8-17(15)19-13/h3-4,7-8,10,14H,2,5-6,9,11-12H2,1H3,(H2,18,19). The lowest BCUT2D eigenvalue weighted by molar-refractivity contribution is 0.0721. The van der Waals surface area contributed by atoms with Crippen LogP contribution in [0.1, 0.15) is 25.5 Å². The number of fused-ring (bicyclic) bond motifs is 1. The molecular formula is C17H23N3O. The van der Waals surface area contributed by atoms with Crippen molar-refractivity contribution >= 4 is 16.6 Å².